The van der Waals surface area contributed by atoms with Crippen molar-refractivity contribution in [1.29, 1.82) is 0 Å². The molecule has 1 amide bonds. The highest BCUT2D eigenvalue weighted by Crippen LogP contribution is 2.18. The van der Waals surface area contributed by atoms with Gasteiger partial charge >= 0.3 is 0 Å². The van der Waals surface area contributed by atoms with E-state index >= 15 is 0 Å². The van der Waals surface area contributed by atoms with E-state index in [9.17, 15) is 14.9 Å². The summed E-state index contributed by atoms with van der Waals surface area (Å²) < 4.78 is 1.78. The molecule has 0 aliphatic heterocycles. The molecule has 2 aromatic rings. The number of aromatic nitrogens is 1. The zero-order valence-electron chi connectivity index (χ0n) is 11.1. The van der Waals surface area contributed by atoms with Gasteiger partial charge in [-0.2, -0.15) is 0 Å². The average Bonchev–Trinajstić information content (AvgIpc) is 2.85. The van der Waals surface area contributed by atoms with Gasteiger partial charge in [0.1, 0.15) is 5.69 Å². The Labute approximate surface area is 116 Å². The molecule has 6 nitrogen and oxygen atoms in total. The van der Waals surface area contributed by atoms with Gasteiger partial charge in [-0.05, 0) is 36.6 Å². The topological polar surface area (TPSA) is 91.2 Å². The zero-order valence-corrected chi connectivity index (χ0v) is 11.1. The number of nitrogens with zero attached hydrogens (tertiary/aromatic N) is 2. The van der Waals surface area contributed by atoms with Crippen LogP contribution in [0.3, 0.4) is 0 Å². The molecule has 0 aliphatic rings. The Kier molecular flexibility index (Phi) is 3.84. The van der Waals surface area contributed by atoms with Gasteiger partial charge < -0.3 is 10.3 Å². The number of carbonyl (C=O) groups excluding carboxylic acids is 1. The van der Waals surface area contributed by atoms with Crippen LogP contribution < -0.4 is 5.73 Å². The number of hydrogen-bond donors (Lipinski definition) is 1. The van der Waals surface area contributed by atoms with Crippen LogP contribution in [0, 0.1) is 17.0 Å². The molecule has 1 heterocycles. The molecule has 0 saturated heterocycles. The third kappa shape index (κ3) is 2.85. The number of nitrogens with two attached hydrogens (primary N) is 1. The molecule has 2 N–H and O–H groups in total. The van der Waals surface area contributed by atoms with Crippen LogP contribution in [0.1, 0.15) is 21.6 Å². The van der Waals surface area contributed by atoms with E-state index in [0.29, 0.717) is 18.7 Å². The number of aryl methyl sites for hydroxylation is 3. The first-order chi connectivity index (χ1) is 9.49. The Bertz CT molecular complexity index is 661. The molecule has 6 heteroatoms. The van der Waals surface area contributed by atoms with Gasteiger partial charge in [0.05, 0.1) is 4.92 Å². The Balaban J connectivity index is 2.13. The lowest BCUT2D eigenvalue weighted by molar-refractivity contribution is -0.384. The molecule has 0 saturated carbocycles. The Morgan fingerprint density at radius 1 is 1.40 bits per heavy atom. The van der Waals surface area contributed by atoms with Gasteiger partial charge in [-0.3, -0.25) is 14.9 Å². The maximum absolute atomic E-state index is 11.2. The SMILES string of the molecule is Cc1cc([N+](=O)[O-])ccc1CCn1cccc1C(N)=O. The van der Waals surface area contributed by atoms with E-state index in [4.69, 9.17) is 5.73 Å². The summed E-state index contributed by atoms with van der Waals surface area (Å²) in [6, 6.07) is 8.24. The molecular formula is C14H15N3O3. The largest absolute Gasteiger partial charge is 0.364 e. The van der Waals surface area contributed by atoms with Crippen molar-refractivity contribution in [2.24, 2.45) is 5.73 Å². The van der Waals surface area contributed by atoms with Gasteiger partial charge in [-0.25, -0.2) is 0 Å². The van der Waals surface area contributed by atoms with Crippen molar-refractivity contribution in [3.8, 4) is 0 Å². The standard InChI is InChI=1S/C14H15N3O3/c1-10-9-12(17(19)20)5-4-11(10)6-8-16-7-2-3-13(16)14(15)18/h2-5,7,9H,6,8H2,1H3,(H2,15,18). The van der Waals surface area contributed by atoms with Gasteiger partial charge in [-0.15, -0.1) is 0 Å². The predicted molar refractivity (Wildman–Crippen MR) is 74.5 cm³/mol. The number of hydrogen-bond acceptors (Lipinski definition) is 3. The normalized spacial score (nSPS) is 10.4. The fourth-order valence-electron chi connectivity index (χ4n) is 2.15. The van der Waals surface area contributed by atoms with Crippen LogP contribution in [-0.4, -0.2) is 15.4 Å². The van der Waals surface area contributed by atoms with E-state index < -0.39 is 10.8 Å². The van der Waals surface area contributed by atoms with Crippen LogP contribution in [0.25, 0.3) is 0 Å². The molecule has 0 bridgehead atoms. The van der Waals surface area contributed by atoms with Crippen molar-refractivity contribution in [3.63, 3.8) is 0 Å². The quantitative estimate of drug-likeness (QED) is 0.667. The zero-order chi connectivity index (χ0) is 14.7. The second-order valence-electron chi connectivity index (χ2n) is 4.57. The van der Waals surface area contributed by atoms with Crippen molar-refractivity contribution in [2.45, 2.75) is 19.9 Å². The monoisotopic (exact) mass is 273 g/mol. The minimum Gasteiger partial charge on any atom is -0.364 e. The molecule has 1 aromatic carbocycles. The maximum Gasteiger partial charge on any atom is 0.269 e. The highest BCUT2D eigenvalue weighted by Gasteiger charge is 2.10. The average molecular weight is 273 g/mol. The fraction of sp³-hybridized carbons (Fsp3) is 0.214. The van der Waals surface area contributed by atoms with Crippen molar-refractivity contribution >= 4 is 11.6 Å². The number of nitro groups is 1. The molecule has 20 heavy (non-hydrogen) atoms. The van der Waals surface area contributed by atoms with Crippen molar-refractivity contribution in [2.75, 3.05) is 0 Å². The van der Waals surface area contributed by atoms with Gasteiger partial charge in [-0.1, -0.05) is 6.07 Å². The third-order valence-corrected chi connectivity index (χ3v) is 3.24. The summed E-state index contributed by atoms with van der Waals surface area (Å²) in [4.78, 5) is 21.5. The minimum atomic E-state index is -0.463. The summed E-state index contributed by atoms with van der Waals surface area (Å²) in [6.07, 6.45) is 2.47. The van der Waals surface area contributed by atoms with Crippen LogP contribution >= 0.6 is 0 Å². The van der Waals surface area contributed by atoms with E-state index in [-0.39, 0.29) is 5.69 Å². The van der Waals surface area contributed by atoms with E-state index in [1.165, 1.54) is 6.07 Å². The van der Waals surface area contributed by atoms with Crippen LogP contribution in [0.4, 0.5) is 5.69 Å². The van der Waals surface area contributed by atoms with Crippen LogP contribution in [0.2, 0.25) is 0 Å². The molecule has 1 aromatic heterocycles. The number of nitro benzene ring substituents is 1. The molecular weight excluding hydrogens is 258 g/mol. The van der Waals surface area contributed by atoms with Crippen molar-refractivity contribution in [3.05, 3.63) is 63.5 Å². The highest BCUT2D eigenvalue weighted by molar-refractivity contribution is 5.91. The summed E-state index contributed by atoms with van der Waals surface area (Å²) in [5.74, 6) is -0.463. The summed E-state index contributed by atoms with van der Waals surface area (Å²) in [7, 11) is 0. The Morgan fingerprint density at radius 3 is 2.75 bits per heavy atom. The van der Waals surface area contributed by atoms with E-state index in [0.717, 1.165) is 11.1 Å². The summed E-state index contributed by atoms with van der Waals surface area (Å²) >= 11 is 0. The fourth-order valence-corrected chi connectivity index (χ4v) is 2.15. The van der Waals surface area contributed by atoms with Gasteiger partial charge in [0.2, 0.25) is 0 Å². The summed E-state index contributed by atoms with van der Waals surface area (Å²) in [6.45, 7) is 2.44. The number of primary amides is 1. The highest BCUT2D eigenvalue weighted by atomic mass is 16.6. The van der Waals surface area contributed by atoms with Gasteiger partial charge in [0.25, 0.3) is 11.6 Å². The second-order valence-corrected chi connectivity index (χ2v) is 4.57. The third-order valence-electron chi connectivity index (χ3n) is 3.24. The predicted octanol–water partition coefficient (Wildman–Crippen LogP) is 2.05. The number of benzene rings is 1. The molecule has 0 atom stereocenters. The molecule has 104 valence electrons. The number of carbonyl (C=O) groups is 1. The molecule has 2 rings (SSSR count). The first-order valence-electron chi connectivity index (χ1n) is 6.18. The summed E-state index contributed by atoms with van der Waals surface area (Å²) in [5, 5.41) is 10.7. The molecule has 0 radical (unpaired) electrons. The summed E-state index contributed by atoms with van der Waals surface area (Å²) in [5.41, 5.74) is 7.71. The second kappa shape index (κ2) is 5.56. The number of rotatable bonds is 5. The van der Waals surface area contributed by atoms with Crippen molar-refractivity contribution in [1.82, 2.24) is 4.57 Å². The first-order valence-corrected chi connectivity index (χ1v) is 6.18. The number of amides is 1. The smallest absolute Gasteiger partial charge is 0.269 e. The molecule has 0 aliphatic carbocycles. The van der Waals surface area contributed by atoms with E-state index in [2.05, 4.69) is 0 Å². The first kappa shape index (κ1) is 13.8. The lowest BCUT2D eigenvalue weighted by Gasteiger charge is -2.09. The van der Waals surface area contributed by atoms with Crippen LogP contribution in [-0.2, 0) is 13.0 Å². The Morgan fingerprint density at radius 2 is 2.15 bits per heavy atom. The van der Waals surface area contributed by atoms with E-state index in [1.54, 1.807) is 35.0 Å². The maximum atomic E-state index is 11.2. The lowest BCUT2D eigenvalue weighted by Crippen LogP contribution is -2.17. The molecule has 0 spiro atoms. The van der Waals surface area contributed by atoms with Gasteiger partial charge in [0.15, 0.2) is 0 Å². The van der Waals surface area contributed by atoms with Crippen LogP contribution in [0.15, 0.2) is 36.5 Å². The van der Waals surface area contributed by atoms with Crippen molar-refractivity contribution < 1.29 is 9.72 Å². The van der Waals surface area contributed by atoms with Crippen LogP contribution in [0.5, 0.6) is 0 Å². The van der Waals surface area contributed by atoms with Gasteiger partial charge in [0, 0.05) is 24.9 Å². The lowest BCUT2D eigenvalue weighted by atomic mass is 10.0. The van der Waals surface area contributed by atoms with E-state index in [1.807, 2.05) is 6.92 Å². The minimum absolute atomic E-state index is 0.0880. The number of non-ortho nitro benzene ring substituents is 1. The molecule has 0 fully saturated rings. The molecule has 0 unspecified atom stereocenters. The Hall–Kier alpha value is -2.63.